The SMILES string of the molecule is CCSc1ccc(C(SC)(SC)c2ccc(OC)cc2)cc1. The lowest BCUT2D eigenvalue weighted by Gasteiger charge is -2.31. The topological polar surface area (TPSA) is 9.23 Å². The number of hydrogen-bond donors (Lipinski definition) is 0. The van der Waals surface area contributed by atoms with Gasteiger partial charge in [-0.1, -0.05) is 31.2 Å². The number of hydrogen-bond acceptors (Lipinski definition) is 4. The summed E-state index contributed by atoms with van der Waals surface area (Å²) in [5.41, 5.74) is 2.63. The number of thioether (sulfide) groups is 3. The van der Waals surface area contributed by atoms with Crippen LogP contribution in [0.25, 0.3) is 0 Å². The fourth-order valence-electron chi connectivity index (χ4n) is 2.47. The molecule has 0 aliphatic heterocycles. The number of benzene rings is 2. The standard InChI is InChI=1S/C18H22OS3/c1-5-22-17-12-8-15(9-13-17)18(20-3,21-4)14-6-10-16(19-2)11-7-14/h6-13H,5H2,1-4H3. The molecular weight excluding hydrogens is 328 g/mol. The average Bonchev–Trinajstić information content (AvgIpc) is 2.59. The van der Waals surface area contributed by atoms with Crippen molar-refractivity contribution in [2.24, 2.45) is 0 Å². The summed E-state index contributed by atoms with van der Waals surface area (Å²) < 4.78 is 5.20. The molecule has 2 aromatic carbocycles. The molecule has 4 heteroatoms. The lowest BCUT2D eigenvalue weighted by Crippen LogP contribution is -2.18. The van der Waals surface area contributed by atoms with Crippen LogP contribution in [0.15, 0.2) is 53.4 Å². The van der Waals surface area contributed by atoms with Gasteiger partial charge in [-0.15, -0.1) is 35.3 Å². The lowest BCUT2D eigenvalue weighted by atomic mass is 10.0. The average molecular weight is 351 g/mol. The third-order valence-corrected chi connectivity index (χ3v) is 7.58. The van der Waals surface area contributed by atoms with Gasteiger partial charge in [-0.05, 0) is 53.7 Å². The number of methoxy groups -OCH3 is 1. The van der Waals surface area contributed by atoms with Crippen LogP contribution in [0.3, 0.4) is 0 Å². The largest absolute Gasteiger partial charge is 0.497 e. The van der Waals surface area contributed by atoms with E-state index in [0.29, 0.717) is 0 Å². The van der Waals surface area contributed by atoms with Crippen molar-refractivity contribution in [3.63, 3.8) is 0 Å². The van der Waals surface area contributed by atoms with E-state index in [9.17, 15) is 0 Å². The van der Waals surface area contributed by atoms with Gasteiger partial charge in [0.2, 0.25) is 0 Å². The highest BCUT2D eigenvalue weighted by atomic mass is 32.2. The Kier molecular flexibility index (Phi) is 6.60. The highest BCUT2D eigenvalue weighted by Crippen LogP contribution is 2.50. The lowest BCUT2D eigenvalue weighted by molar-refractivity contribution is 0.414. The second kappa shape index (κ2) is 8.23. The molecule has 0 aromatic heterocycles. The summed E-state index contributed by atoms with van der Waals surface area (Å²) >= 11 is 5.62. The van der Waals surface area contributed by atoms with Crippen LogP contribution < -0.4 is 4.74 Å². The summed E-state index contributed by atoms with van der Waals surface area (Å²) in [5, 5.41) is 0. The minimum absolute atomic E-state index is 0.0817. The van der Waals surface area contributed by atoms with Crippen LogP contribution in [0.1, 0.15) is 18.1 Å². The fraction of sp³-hybridized carbons (Fsp3) is 0.333. The van der Waals surface area contributed by atoms with Crippen LogP contribution in [0, 0.1) is 0 Å². The molecular formula is C18H22OS3. The van der Waals surface area contributed by atoms with Gasteiger partial charge in [0.1, 0.15) is 9.83 Å². The summed E-state index contributed by atoms with van der Waals surface area (Å²) in [6, 6.07) is 17.4. The Hall–Kier alpha value is -0.710. The Morgan fingerprint density at radius 1 is 0.864 bits per heavy atom. The van der Waals surface area contributed by atoms with E-state index in [1.807, 2.05) is 47.4 Å². The third-order valence-electron chi connectivity index (χ3n) is 3.59. The van der Waals surface area contributed by atoms with Gasteiger partial charge in [0.25, 0.3) is 0 Å². The predicted octanol–water partition coefficient (Wildman–Crippen LogP) is 5.73. The van der Waals surface area contributed by atoms with Crippen LogP contribution in [-0.2, 0) is 4.08 Å². The summed E-state index contributed by atoms with van der Waals surface area (Å²) in [4.78, 5) is 1.33. The highest BCUT2D eigenvalue weighted by molar-refractivity contribution is 8.17. The first-order chi connectivity index (χ1) is 10.7. The molecule has 0 saturated heterocycles. The maximum atomic E-state index is 5.28. The van der Waals surface area contributed by atoms with E-state index in [-0.39, 0.29) is 4.08 Å². The van der Waals surface area contributed by atoms with Gasteiger partial charge in [-0.25, -0.2) is 0 Å². The molecule has 0 bridgehead atoms. The molecule has 0 aliphatic carbocycles. The quantitative estimate of drug-likeness (QED) is 0.465. The number of rotatable bonds is 7. The maximum absolute atomic E-state index is 5.28. The first-order valence-electron chi connectivity index (χ1n) is 7.18. The van der Waals surface area contributed by atoms with Crippen LogP contribution >= 0.6 is 35.3 Å². The summed E-state index contributed by atoms with van der Waals surface area (Å²) in [6.07, 6.45) is 4.35. The van der Waals surface area contributed by atoms with Crippen molar-refractivity contribution >= 4 is 35.3 Å². The molecule has 2 aromatic rings. The predicted molar refractivity (Wildman–Crippen MR) is 104 cm³/mol. The van der Waals surface area contributed by atoms with Crippen LogP contribution in [0.4, 0.5) is 0 Å². The third kappa shape index (κ3) is 3.61. The first-order valence-corrected chi connectivity index (χ1v) is 10.6. The first kappa shape index (κ1) is 17.6. The normalized spacial score (nSPS) is 11.5. The van der Waals surface area contributed by atoms with Crippen molar-refractivity contribution in [3.05, 3.63) is 59.7 Å². The zero-order chi connectivity index (χ0) is 16.0. The highest BCUT2D eigenvalue weighted by Gasteiger charge is 2.32. The van der Waals surface area contributed by atoms with E-state index in [1.54, 1.807) is 7.11 Å². The smallest absolute Gasteiger partial charge is 0.118 e. The van der Waals surface area contributed by atoms with Crippen molar-refractivity contribution in [2.75, 3.05) is 25.4 Å². The number of ether oxygens (including phenoxy) is 1. The molecule has 0 N–H and O–H groups in total. The molecule has 0 unspecified atom stereocenters. The molecule has 0 aliphatic rings. The van der Waals surface area contributed by atoms with E-state index in [2.05, 4.69) is 55.8 Å². The Balaban J connectivity index is 2.41. The second-order valence-corrected chi connectivity index (χ2v) is 8.35. The summed E-state index contributed by atoms with van der Waals surface area (Å²) in [6.45, 7) is 2.18. The van der Waals surface area contributed by atoms with E-state index in [0.717, 1.165) is 11.5 Å². The van der Waals surface area contributed by atoms with Crippen molar-refractivity contribution < 1.29 is 4.74 Å². The molecule has 0 atom stereocenters. The van der Waals surface area contributed by atoms with Gasteiger partial charge in [0.05, 0.1) is 7.11 Å². The zero-order valence-corrected chi connectivity index (χ0v) is 15.9. The Morgan fingerprint density at radius 3 is 1.77 bits per heavy atom. The maximum Gasteiger partial charge on any atom is 0.118 e. The van der Waals surface area contributed by atoms with E-state index in [4.69, 9.17) is 4.74 Å². The molecule has 0 spiro atoms. The molecule has 0 fully saturated rings. The monoisotopic (exact) mass is 350 g/mol. The van der Waals surface area contributed by atoms with Crippen molar-refractivity contribution in [1.82, 2.24) is 0 Å². The van der Waals surface area contributed by atoms with Crippen molar-refractivity contribution in [2.45, 2.75) is 15.9 Å². The molecule has 0 heterocycles. The van der Waals surface area contributed by atoms with Gasteiger partial charge in [0, 0.05) is 4.90 Å². The Bertz CT molecular complexity index is 574. The van der Waals surface area contributed by atoms with E-state index in [1.165, 1.54) is 16.0 Å². The molecule has 0 radical (unpaired) electrons. The van der Waals surface area contributed by atoms with Crippen molar-refractivity contribution in [3.8, 4) is 5.75 Å². The van der Waals surface area contributed by atoms with E-state index < -0.39 is 0 Å². The summed E-state index contributed by atoms with van der Waals surface area (Å²) in [5.74, 6) is 2.00. The minimum Gasteiger partial charge on any atom is -0.497 e. The van der Waals surface area contributed by atoms with Crippen LogP contribution in [0.5, 0.6) is 5.75 Å². The van der Waals surface area contributed by atoms with Crippen LogP contribution in [-0.4, -0.2) is 25.4 Å². The zero-order valence-electron chi connectivity index (χ0n) is 13.5. The minimum atomic E-state index is -0.0817. The van der Waals surface area contributed by atoms with Crippen LogP contribution in [0.2, 0.25) is 0 Å². The molecule has 1 nitrogen and oxygen atoms in total. The fourth-order valence-corrected chi connectivity index (χ4v) is 5.28. The second-order valence-electron chi connectivity index (χ2n) is 4.71. The molecule has 2 rings (SSSR count). The molecule has 0 saturated carbocycles. The van der Waals surface area contributed by atoms with E-state index >= 15 is 0 Å². The van der Waals surface area contributed by atoms with Gasteiger partial charge in [-0.2, -0.15) is 0 Å². The summed E-state index contributed by atoms with van der Waals surface area (Å²) in [7, 11) is 1.70. The van der Waals surface area contributed by atoms with Gasteiger partial charge >= 0.3 is 0 Å². The molecule has 22 heavy (non-hydrogen) atoms. The molecule has 0 amide bonds. The molecule has 118 valence electrons. The van der Waals surface area contributed by atoms with Gasteiger partial charge < -0.3 is 4.74 Å². The van der Waals surface area contributed by atoms with Gasteiger partial charge in [0.15, 0.2) is 0 Å². The Labute approximate surface area is 146 Å². The van der Waals surface area contributed by atoms with Gasteiger partial charge in [-0.3, -0.25) is 0 Å². The van der Waals surface area contributed by atoms with Crippen molar-refractivity contribution in [1.29, 1.82) is 0 Å². The Morgan fingerprint density at radius 2 is 1.36 bits per heavy atom.